The van der Waals surface area contributed by atoms with Gasteiger partial charge in [0.2, 0.25) is 0 Å². The number of thiophene rings is 2. The molecular weight excluding hydrogens is 484 g/mol. The van der Waals surface area contributed by atoms with Gasteiger partial charge in [-0.05, 0) is 57.2 Å². The molecule has 9 nitrogen and oxygen atoms in total. The Balaban J connectivity index is 1.27. The topological polar surface area (TPSA) is 116 Å². The van der Waals surface area contributed by atoms with Crippen LogP contribution in [-0.4, -0.2) is 60.4 Å². The quantitative estimate of drug-likeness (QED) is 0.404. The number of anilines is 1. The lowest BCUT2D eigenvalue weighted by Gasteiger charge is -2.33. The minimum Gasteiger partial charge on any atom is -0.355 e. The lowest BCUT2D eigenvalue weighted by Crippen LogP contribution is -2.35. The molecule has 0 aliphatic carbocycles. The number of rotatable bonds is 9. The number of hydrogen-bond acceptors (Lipinski definition) is 8. The second-order valence-corrected chi connectivity index (χ2v) is 10.5. The minimum absolute atomic E-state index is 0.0785. The average molecular weight is 515 g/mol. The molecule has 3 amide bonds. The van der Waals surface area contributed by atoms with Gasteiger partial charge in [-0.3, -0.25) is 14.4 Å². The molecule has 35 heavy (non-hydrogen) atoms. The number of hydrogen-bond donors (Lipinski definition) is 3. The zero-order chi connectivity index (χ0) is 24.8. The number of amides is 3. The van der Waals surface area contributed by atoms with E-state index in [1.54, 1.807) is 18.5 Å². The second kappa shape index (κ2) is 11.6. The van der Waals surface area contributed by atoms with E-state index >= 15 is 0 Å². The summed E-state index contributed by atoms with van der Waals surface area (Å²) in [6.45, 7) is 7.27. The van der Waals surface area contributed by atoms with Gasteiger partial charge >= 0.3 is 0 Å². The number of nitrogens with zero attached hydrogens (tertiary/aromatic N) is 3. The van der Waals surface area contributed by atoms with Crippen molar-refractivity contribution in [3.8, 4) is 0 Å². The average Bonchev–Trinajstić information content (AvgIpc) is 3.53. The fraction of sp³-hybridized carbons (Fsp3) is 0.458. The van der Waals surface area contributed by atoms with Gasteiger partial charge in [0.25, 0.3) is 17.7 Å². The Morgan fingerprint density at radius 3 is 2.20 bits per heavy atom. The van der Waals surface area contributed by atoms with Crippen molar-refractivity contribution in [2.24, 2.45) is 5.92 Å². The SMILES string of the molecule is CCNC(=O)c1ccc(C(=O)NCCC2CCN(c3ncnc4cc(C(=O)NCC)sc34)CC2)s1. The number of nitrogens with one attached hydrogen (secondary N) is 3. The fourth-order valence-electron chi connectivity index (χ4n) is 4.17. The van der Waals surface area contributed by atoms with Crippen molar-refractivity contribution in [1.29, 1.82) is 0 Å². The van der Waals surface area contributed by atoms with E-state index < -0.39 is 0 Å². The van der Waals surface area contributed by atoms with E-state index in [0.717, 1.165) is 48.4 Å². The number of carbonyl (C=O) groups excluding carboxylic acids is 3. The Labute approximate surface area is 212 Å². The van der Waals surface area contributed by atoms with Crippen molar-refractivity contribution < 1.29 is 14.4 Å². The molecule has 0 spiro atoms. The van der Waals surface area contributed by atoms with Crippen LogP contribution in [0.4, 0.5) is 5.82 Å². The van der Waals surface area contributed by atoms with Crippen LogP contribution in [-0.2, 0) is 0 Å². The zero-order valence-electron chi connectivity index (χ0n) is 19.9. The van der Waals surface area contributed by atoms with E-state index in [1.165, 1.54) is 22.7 Å². The molecule has 4 rings (SSSR count). The molecule has 1 saturated heterocycles. The molecule has 3 aromatic rings. The molecular formula is C24H30N6O3S2. The van der Waals surface area contributed by atoms with Crippen LogP contribution in [0.5, 0.6) is 0 Å². The second-order valence-electron chi connectivity index (χ2n) is 8.38. The Bertz CT molecular complexity index is 1200. The molecule has 4 heterocycles. The standard InChI is InChI=1S/C24H30N6O3S2/c1-3-25-22(31)17-5-6-18(34-17)23(32)27-10-7-15-8-11-30(12-9-15)21-20-16(28-14-29-21)13-19(35-20)24(33)26-4-2/h5-6,13-15H,3-4,7-12H2,1-2H3,(H,25,31)(H,26,33)(H,27,32). The molecule has 1 aliphatic heterocycles. The highest BCUT2D eigenvalue weighted by Gasteiger charge is 2.23. The third-order valence-corrected chi connectivity index (χ3v) is 8.20. The van der Waals surface area contributed by atoms with Gasteiger partial charge in [-0.1, -0.05) is 0 Å². The zero-order valence-corrected chi connectivity index (χ0v) is 21.6. The summed E-state index contributed by atoms with van der Waals surface area (Å²) in [4.78, 5) is 49.5. The maximum Gasteiger partial charge on any atom is 0.261 e. The summed E-state index contributed by atoms with van der Waals surface area (Å²) in [6.07, 6.45) is 4.50. The molecule has 1 aliphatic rings. The van der Waals surface area contributed by atoms with Crippen LogP contribution in [0, 0.1) is 5.92 Å². The molecule has 186 valence electrons. The van der Waals surface area contributed by atoms with Gasteiger partial charge in [0.05, 0.1) is 24.8 Å². The predicted octanol–water partition coefficient (Wildman–Crippen LogP) is 3.29. The summed E-state index contributed by atoms with van der Waals surface area (Å²) in [5.74, 6) is 1.06. The van der Waals surface area contributed by atoms with E-state index in [1.807, 2.05) is 19.9 Å². The van der Waals surface area contributed by atoms with Crippen molar-refractivity contribution in [3.05, 3.63) is 39.2 Å². The summed E-state index contributed by atoms with van der Waals surface area (Å²) in [5, 5.41) is 8.58. The number of carbonyl (C=O) groups is 3. The molecule has 1 fully saturated rings. The summed E-state index contributed by atoms with van der Waals surface area (Å²) < 4.78 is 0.947. The largest absolute Gasteiger partial charge is 0.355 e. The third kappa shape index (κ3) is 5.96. The maximum atomic E-state index is 12.5. The Morgan fingerprint density at radius 1 is 0.914 bits per heavy atom. The molecule has 0 radical (unpaired) electrons. The Morgan fingerprint density at radius 2 is 1.54 bits per heavy atom. The number of fused-ring (bicyclic) bond motifs is 1. The first-order chi connectivity index (χ1) is 17.0. The lowest BCUT2D eigenvalue weighted by molar-refractivity contribution is 0.0948. The van der Waals surface area contributed by atoms with Crippen LogP contribution < -0.4 is 20.9 Å². The highest BCUT2D eigenvalue weighted by molar-refractivity contribution is 7.21. The van der Waals surface area contributed by atoms with Gasteiger partial charge in [0, 0.05) is 32.7 Å². The minimum atomic E-state index is -0.146. The first-order valence-corrected chi connectivity index (χ1v) is 13.6. The smallest absolute Gasteiger partial charge is 0.261 e. The molecule has 3 N–H and O–H groups in total. The van der Waals surface area contributed by atoms with Gasteiger partial charge in [-0.25, -0.2) is 9.97 Å². The van der Waals surface area contributed by atoms with E-state index in [-0.39, 0.29) is 17.7 Å². The highest BCUT2D eigenvalue weighted by atomic mass is 32.1. The van der Waals surface area contributed by atoms with Crippen LogP contribution in [0.25, 0.3) is 10.2 Å². The van der Waals surface area contributed by atoms with E-state index in [9.17, 15) is 14.4 Å². The van der Waals surface area contributed by atoms with Crippen LogP contribution in [0.15, 0.2) is 24.5 Å². The predicted molar refractivity (Wildman–Crippen MR) is 140 cm³/mol. The monoisotopic (exact) mass is 514 g/mol. The van der Waals surface area contributed by atoms with Crippen molar-refractivity contribution >= 4 is 56.4 Å². The van der Waals surface area contributed by atoms with Gasteiger partial charge in [0.1, 0.15) is 12.1 Å². The molecule has 0 unspecified atom stereocenters. The normalized spacial score (nSPS) is 14.2. The molecule has 3 aromatic heterocycles. The molecule has 0 saturated carbocycles. The summed E-state index contributed by atoms with van der Waals surface area (Å²) in [6, 6.07) is 5.23. The molecule has 0 aromatic carbocycles. The van der Waals surface area contributed by atoms with E-state index in [2.05, 4.69) is 30.8 Å². The Kier molecular flexibility index (Phi) is 8.29. The molecule has 11 heteroatoms. The van der Waals surface area contributed by atoms with Crippen molar-refractivity contribution in [3.63, 3.8) is 0 Å². The summed E-state index contributed by atoms with van der Waals surface area (Å²) in [7, 11) is 0. The van der Waals surface area contributed by atoms with Gasteiger partial charge in [-0.15, -0.1) is 22.7 Å². The first kappa shape index (κ1) is 25.1. The maximum absolute atomic E-state index is 12.5. The van der Waals surface area contributed by atoms with Crippen LogP contribution in [0.1, 0.15) is 62.1 Å². The van der Waals surface area contributed by atoms with Crippen LogP contribution >= 0.6 is 22.7 Å². The van der Waals surface area contributed by atoms with Gasteiger partial charge < -0.3 is 20.9 Å². The lowest BCUT2D eigenvalue weighted by atomic mass is 9.93. The number of piperidine rings is 1. The molecule has 0 bridgehead atoms. The van der Waals surface area contributed by atoms with Crippen LogP contribution in [0.2, 0.25) is 0 Å². The fourth-order valence-corrected chi connectivity index (χ4v) is 6.05. The van der Waals surface area contributed by atoms with Crippen molar-refractivity contribution in [2.45, 2.75) is 33.1 Å². The van der Waals surface area contributed by atoms with Crippen molar-refractivity contribution in [1.82, 2.24) is 25.9 Å². The summed E-state index contributed by atoms with van der Waals surface area (Å²) >= 11 is 2.65. The van der Waals surface area contributed by atoms with Crippen LogP contribution in [0.3, 0.4) is 0 Å². The third-order valence-electron chi connectivity index (χ3n) is 6.00. The Hall–Kier alpha value is -3.05. The van der Waals surface area contributed by atoms with Crippen molar-refractivity contribution in [2.75, 3.05) is 37.6 Å². The highest BCUT2D eigenvalue weighted by Crippen LogP contribution is 2.33. The molecule has 0 atom stereocenters. The number of aromatic nitrogens is 2. The van der Waals surface area contributed by atoms with Gasteiger partial charge in [-0.2, -0.15) is 0 Å². The first-order valence-electron chi connectivity index (χ1n) is 11.9. The summed E-state index contributed by atoms with van der Waals surface area (Å²) in [5.41, 5.74) is 0.801. The van der Waals surface area contributed by atoms with Gasteiger partial charge in [0.15, 0.2) is 0 Å². The van der Waals surface area contributed by atoms with E-state index in [4.69, 9.17) is 0 Å². The van der Waals surface area contributed by atoms with E-state index in [0.29, 0.717) is 40.2 Å².